The number of methoxy groups -OCH3 is 1. The van der Waals surface area contributed by atoms with Crippen molar-refractivity contribution in [3.63, 3.8) is 0 Å². The van der Waals surface area contributed by atoms with Crippen molar-refractivity contribution in [3.05, 3.63) is 21.9 Å². The van der Waals surface area contributed by atoms with E-state index >= 15 is 0 Å². The second-order valence-electron chi connectivity index (χ2n) is 2.97. The molecule has 1 fully saturated rings. The van der Waals surface area contributed by atoms with Crippen LogP contribution in [0.3, 0.4) is 0 Å². The van der Waals surface area contributed by atoms with Crippen LogP contribution < -0.4 is 5.32 Å². The fraction of sp³-hybridized carbons (Fsp3) is 0.333. The highest BCUT2D eigenvalue weighted by molar-refractivity contribution is 7.12. The van der Waals surface area contributed by atoms with Crippen LogP contribution in [0, 0.1) is 0 Å². The summed E-state index contributed by atoms with van der Waals surface area (Å²) < 4.78 is 9.62. The van der Waals surface area contributed by atoms with Crippen molar-refractivity contribution < 1.29 is 19.1 Å². The molecule has 0 radical (unpaired) electrons. The van der Waals surface area contributed by atoms with Crippen LogP contribution in [0.5, 0.6) is 0 Å². The van der Waals surface area contributed by atoms with Crippen LogP contribution in [0.25, 0.3) is 0 Å². The normalized spacial score (nSPS) is 19.5. The summed E-state index contributed by atoms with van der Waals surface area (Å²) in [6, 6.07) is 1.77. The van der Waals surface area contributed by atoms with E-state index in [9.17, 15) is 9.59 Å². The van der Waals surface area contributed by atoms with Crippen molar-refractivity contribution in [2.45, 2.75) is 6.10 Å². The van der Waals surface area contributed by atoms with Gasteiger partial charge in [0.1, 0.15) is 11.0 Å². The quantitative estimate of drug-likeness (QED) is 0.774. The van der Waals surface area contributed by atoms with Gasteiger partial charge in [0.15, 0.2) is 0 Å². The summed E-state index contributed by atoms with van der Waals surface area (Å²) >= 11 is 1.28. The topological polar surface area (TPSA) is 64.6 Å². The maximum Gasteiger partial charge on any atom is 0.407 e. The number of ether oxygens (including phenoxy) is 2. The van der Waals surface area contributed by atoms with E-state index in [-0.39, 0.29) is 0 Å². The van der Waals surface area contributed by atoms with Gasteiger partial charge in [-0.15, -0.1) is 11.3 Å². The van der Waals surface area contributed by atoms with Gasteiger partial charge in [-0.25, -0.2) is 9.59 Å². The van der Waals surface area contributed by atoms with Gasteiger partial charge in [-0.2, -0.15) is 0 Å². The van der Waals surface area contributed by atoms with E-state index in [1.165, 1.54) is 18.4 Å². The molecule has 1 saturated heterocycles. The molecule has 2 rings (SSSR count). The van der Waals surface area contributed by atoms with Crippen molar-refractivity contribution >= 4 is 23.4 Å². The molecule has 1 aromatic rings. The van der Waals surface area contributed by atoms with E-state index in [0.717, 1.165) is 0 Å². The Morgan fingerprint density at radius 3 is 3.13 bits per heavy atom. The zero-order chi connectivity index (χ0) is 10.8. The summed E-state index contributed by atoms with van der Waals surface area (Å²) in [6.45, 7) is 0.388. The molecule has 0 saturated carbocycles. The fourth-order valence-corrected chi connectivity index (χ4v) is 2.26. The molecule has 1 aliphatic rings. The Morgan fingerprint density at radius 1 is 1.73 bits per heavy atom. The first kappa shape index (κ1) is 9.97. The molecule has 5 nitrogen and oxygen atoms in total. The Kier molecular flexibility index (Phi) is 2.59. The van der Waals surface area contributed by atoms with Gasteiger partial charge < -0.3 is 14.8 Å². The predicted octanol–water partition coefficient (Wildman–Crippen LogP) is 1.32. The lowest BCUT2D eigenvalue weighted by Crippen LogP contribution is -2.13. The van der Waals surface area contributed by atoms with E-state index in [4.69, 9.17) is 4.74 Å². The summed E-state index contributed by atoms with van der Waals surface area (Å²) in [6.07, 6.45) is -0.847. The van der Waals surface area contributed by atoms with Gasteiger partial charge in [-0.05, 0) is 11.4 Å². The number of cyclic esters (lactones) is 1. The summed E-state index contributed by atoms with van der Waals surface area (Å²) in [7, 11) is 1.32. The number of alkyl carbamates (subject to hydrolysis) is 1. The van der Waals surface area contributed by atoms with E-state index in [2.05, 4.69) is 10.1 Å². The molecule has 0 bridgehead atoms. The lowest BCUT2D eigenvalue weighted by Gasteiger charge is -2.07. The van der Waals surface area contributed by atoms with E-state index < -0.39 is 18.2 Å². The van der Waals surface area contributed by atoms with Crippen molar-refractivity contribution in [1.82, 2.24) is 5.32 Å². The Hall–Kier alpha value is -1.56. The van der Waals surface area contributed by atoms with E-state index in [0.29, 0.717) is 17.0 Å². The first-order valence-electron chi connectivity index (χ1n) is 4.32. The number of thiophene rings is 1. The van der Waals surface area contributed by atoms with Gasteiger partial charge >= 0.3 is 12.1 Å². The number of carbonyl (C=O) groups is 2. The van der Waals surface area contributed by atoms with Crippen LogP contribution in [-0.2, 0) is 9.47 Å². The van der Waals surface area contributed by atoms with Crippen LogP contribution >= 0.6 is 11.3 Å². The lowest BCUT2D eigenvalue weighted by molar-refractivity contribution is 0.0600. The number of nitrogens with one attached hydrogen (secondary N) is 1. The van der Waals surface area contributed by atoms with E-state index in [1.807, 2.05) is 0 Å². The molecular weight excluding hydrogens is 218 g/mol. The molecule has 0 spiro atoms. The standard InChI is InChI=1S/C9H9NO4S/c1-13-8(11)7-5(2-3-15-7)6-4-10-9(12)14-6/h2-3,6H,4H2,1H3,(H,10,12). The summed E-state index contributed by atoms with van der Waals surface area (Å²) in [5.41, 5.74) is 0.699. The third-order valence-corrected chi connectivity index (χ3v) is 3.00. The molecule has 1 atom stereocenters. The highest BCUT2D eigenvalue weighted by Gasteiger charge is 2.29. The molecular formula is C9H9NO4S. The largest absolute Gasteiger partial charge is 0.465 e. The van der Waals surface area contributed by atoms with E-state index in [1.54, 1.807) is 11.4 Å². The molecule has 15 heavy (non-hydrogen) atoms. The Balaban J connectivity index is 2.25. The average molecular weight is 227 g/mol. The second kappa shape index (κ2) is 3.90. The highest BCUT2D eigenvalue weighted by Crippen LogP contribution is 2.28. The number of amides is 1. The third kappa shape index (κ3) is 1.80. The molecule has 0 aromatic carbocycles. The third-order valence-electron chi connectivity index (χ3n) is 2.09. The van der Waals surface area contributed by atoms with Gasteiger partial charge in [0.05, 0.1) is 13.7 Å². The highest BCUT2D eigenvalue weighted by atomic mass is 32.1. The molecule has 1 aliphatic heterocycles. The minimum atomic E-state index is -0.456. The fourth-order valence-electron chi connectivity index (χ4n) is 1.39. The van der Waals surface area contributed by atoms with Crippen LogP contribution in [0.4, 0.5) is 4.79 Å². The summed E-state index contributed by atoms with van der Waals surface area (Å²) in [5, 5.41) is 4.30. The molecule has 6 heteroatoms. The van der Waals surface area contributed by atoms with Crippen molar-refractivity contribution in [2.75, 3.05) is 13.7 Å². The van der Waals surface area contributed by atoms with Crippen LogP contribution in [-0.4, -0.2) is 25.7 Å². The molecule has 2 heterocycles. The Bertz CT molecular complexity index is 401. The monoisotopic (exact) mass is 227 g/mol. The maximum atomic E-state index is 11.4. The minimum Gasteiger partial charge on any atom is -0.465 e. The number of rotatable bonds is 2. The number of hydrogen-bond acceptors (Lipinski definition) is 5. The average Bonchev–Trinajstić information content (AvgIpc) is 2.84. The molecule has 1 N–H and O–H groups in total. The van der Waals surface area contributed by atoms with Crippen LogP contribution in [0.1, 0.15) is 21.3 Å². The predicted molar refractivity (Wildman–Crippen MR) is 52.9 cm³/mol. The second-order valence-corrected chi connectivity index (χ2v) is 3.89. The van der Waals surface area contributed by atoms with Gasteiger partial charge in [-0.3, -0.25) is 0 Å². The SMILES string of the molecule is COC(=O)c1sccc1C1CNC(=O)O1. The van der Waals surface area contributed by atoms with Gasteiger partial charge in [0.2, 0.25) is 0 Å². The number of carbonyl (C=O) groups excluding carboxylic acids is 2. The molecule has 80 valence electrons. The van der Waals surface area contributed by atoms with Crippen LogP contribution in [0.15, 0.2) is 11.4 Å². The zero-order valence-electron chi connectivity index (χ0n) is 7.98. The van der Waals surface area contributed by atoms with Gasteiger partial charge in [-0.1, -0.05) is 0 Å². The number of hydrogen-bond donors (Lipinski definition) is 1. The van der Waals surface area contributed by atoms with Crippen LogP contribution in [0.2, 0.25) is 0 Å². The molecule has 1 aromatic heterocycles. The van der Waals surface area contributed by atoms with Crippen molar-refractivity contribution in [1.29, 1.82) is 0 Å². The lowest BCUT2D eigenvalue weighted by atomic mass is 10.1. The minimum absolute atomic E-state index is 0.388. The first-order chi connectivity index (χ1) is 7.22. The first-order valence-corrected chi connectivity index (χ1v) is 5.20. The maximum absolute atomic E-state index is 11.4. The summed E-state index contributed by atoms with van der Waals surface area (Å²) in [5.74, 6) is -0.400. The van der Waals surface area contributed by atoms with Crippen molar-refractivity contribution in [3.8, 4) is 0 Å². The number of esters is 1. The van der Waals surface area contributed by atoms with Gasteiger partial charge in [0, 0.05) is 5.56 Å². The Morgan fingerprint density at radius 2 is 2.53 bits per heavy atom. The Labute approximate surface area is 90.0 Å². The smallest absolute Gasteiger partial charge is 0.407 e. The molecule has 1 unspecified atom stereocenters. The molecule has 1 amide bonds. The summed E-state index contributed by atoms with van der Waals surface area (Å²) in [4.78, 5) is 22.7. The van der Waals surface area contributed by atoms with Gasteiger partial charge in [0.25, 0.3) is 0 Å². The molecule has 0 aliphatic carbocycles. The zero-order valence-corrected chi connectivity index (χ0v) is 8.80. The van der Waals surface area contributed by atoms with Crippen molar-refractivity contribution in [2.24, 2.45) is 0 Å².